The SMILES string of the molecule is CN1C(=O)[C@H]2COC[C@H]21. The minimum Gasteiger partial charge on any atom is -0.378 e. The first-order valence-corrected chi connectivity index (χ1v) is 3.15. The Labute approximate surface area is 53.6 Å². The van der Waals surface area contributed by atoms with Crippen molar-refractivity contribution >= 4 is 5.91 Å². The number of hydrogen-bond acceptors (Lipinski definition) is 2. The first-order valence-electron chi connectivity index (χ1n) is 3.15. The number of fused-ring (bicyclic) bond motifs is 1. The summed E-state index contributed by atoms with van der Waals surface area (Å²) in [4.78, 5) is 12.7. The fourth-order valence-corrected chi connectivity index (χ4v) is 1.50. The standard InChI is InChI=1S/C6H9NO2/c1-7-5-3-9-2-4(5)6(7)8/h4-5H,2-3H2,1H3/t4-,5+/m0/s1. The highest BCUT2D eigenvalue weighted by molar-refractivity contribution is 5.86. The van der Waals surface area contributed by atoms with Crippen LogP contribution >= 0.6 is 0 Å². The molecule has 0 N–H and O–H groups in total. The normalized spacial score (nSPS) is 40.6. The van der Waals surface area contributed by atoms with E-state index >= 15 is 0 Å². The molecular weight excluding hydrogens is 118 g/mol. The van der Waals surface area contributed by atoms with Crippen LogP contribution in [0, 0.1) is 5.92 Å². The molecule has 3 nitrogen and oxygen atoms in total. The largest absolute Gasteiger partial charge is 0.378 e. The second kappa shape index (κ2) is 1.48. The highest BCUT2D eigenvalue weighted by Gasteiger charge is 2.48. The lowest BCUT2D eigenvalue weighted by Crippen LogP contribution is -2.57. The van der Waals surface area contributed by atoms with Crippen molar-refractivity contribution in [3.05, 3.63) is 0 Å². The molecule has 2 heterocycles. The Kier molecular flexibility index (Phi) is 0.858. The predicted molar refractivity (Wildman–Crippen MR) is 30.9 cm³/mol. The number of β-lactam (4-membered cyclic amide) rings is 1. The van der Waals surface area contributed by atoms with Gasteiger partial charge in [-0.3, -0.25) is 4.79 Å². The Morgan fingerprint density at radius 1 is 1.67 bits per heavy atom. The van der Waals surface area contributed by atoms with Gasteiger partial charge in [0, 0.05) is 7.05 Å². The van der Waals surface area contributed by atoms with Crippen LogP contribution in [0.25, 0.3) is 0 Å². The summed E-state index contributed by atoms with van der Waals surface area (Å²) >= 11 is 0. The molecule has 0 aromatic carbocycles. The summed E-state index contributed by atoms with van der Waals surface area (Å²) in [5, 5.41) is 0. The predicted octanol–water partition coefficient (Wildman–Crippen LogP) is -0.527. The summed E-state index contributed by atoms with van der Waals surface area (Å²) in [6.45, 7) is 1.39. The van der Waals surface area contributed by atoms with E-state index in [9.17, 15) is 4.79 Å². The Bertz CT molecular complexity index is 157. The van der Waals surface area contributed by atoms with E-state index in [1.54, 1.807) is 4.90 Å². The van der Waals surface area contributed by atoms with E-state index in [4.69, 9.17) is 4.74 Å². The van der Waals surface area contributed by atoms with Crippen molar-refractivity contribution in [2.45, 2.75) is 6.04 Å². The highest BCUT2D eigenvalue weighted by atomic mass is 16.5. The maximum Gasteiger partial charge on any atom is 0.230 e. The van der Waals surface area contributed by atoms with Gasteiger partial charge in [0.05, 0.1) is 25.2 Å². The molecular formula is C6H9NO2. The van der Waals surface area contributed by atoms with Crippen LogP contribution in [0.15, 0.2) is 0 Å². The van der Waals surface area contributed by atoms with Crippen LogP contribution in [0.5, 0.6) is 0 Å². The summed E-state index contributed by atoms with van der Waals surface area (Å²) in [5.74, 6) is 0.451. The number of hydrogen-bond donors (Lipinski definition) is 0. The van der Waals surface area contributed by atoms with Gasteiger partial charge in [0.25, 0.3) is 0 Å². The van der Waals surface area contributed by atoms with Crippen LogP contribution in [0.4, 0.5) is 0 Å². The molecule has 0 saturated carbocycles. The summed E-state index contributed by atoms with van der Waals surface area (Å²) in [6.07, 6.45) is 0. The van der Waals surface area contributed by atoms with E-state index in [1.807, 2.05) is 7.05 Å². The molecule has 9 heavy (non-hydrogen) atoms. The molecule has 0 radical (unpaired) electrons. The molecule has 0 unspecified atom stereocenters. The maximum atomic E-state index is 10.9. The van der Waals surface area contributed by atoms with Crippen LogP contribution in [0.2, 0.25) is 0 Å². The van der Waals surface area contributed by atoms with Gasteiger partial charge in [-0.25, -0.2) is 0 Å². The molecule has 2 atom stereocenters. The quantitative estimate of drug-likeness (QED) is 0.409. The molecule has 2 rings (SSSR count). The first-order chi connectivity index (χ1) is 4.30. The van der Waals surface area contributed by atoms with E-state index in [2.05, 4.69) is 0 Å². The van der Waals surface area contributed by atoms with Gasteiger partial charge in [-0.15, -0.1) is 0 Å². The summed E-state index contributed by atoms with van der Waals surface area (Å²) in [6, 6.07) is 0.400. The van der Waals surface area contributed by atoms with Crippen molar-refractivity contribution in [1.82, 2.24) is 4.90 Å². The number of amides is 1. The van der Waals surface area contributed by atoms with Crippen LogP contribution in [-0.4, -0.2) is 37.1 Å². The number of ether oxygens (including phenoxy) is 1. The highest BCUT2D eigenvalue weighted by Crippen LogP contribution is 2.29. The summed E-state index contributed by atoms with van der Waals surface area (Å²) in [5.41, 5.74) is 0. The Morgan fingerprint density at radius 2 is 2.44 bits per heavy atom. The first kappa shape index (κ1) is 5.23. The van der Waals surface area contributed by atoms with E-state index in [-0.39, 0.29) is 11.8 Å². The molecule has 2 aliphatic heterocycles. The molecule has 2 fully saturated rings. The fraction of sp³-hybridized carbons (Fsp3) is 0.833. The van der Waals surface area contributed by atoms with Gasteiger partial charge in [-0.1, -0.05) is 0 Å². The van der Waals surface area contributed by atoms with Crippen LogP contribution in [0.1, 0.15) is 0 Å². The van der Waals surface area contributed by atoms with Gasteiger partial charge in [-0.05, 0) is 0 Å². The average Bonchev–Trinajstić information content (AvgIpc) is 2.30. The van der Waals surface area contributed by atoms with Crippen LogP contribution in [0.3, 0.4) is 0 Å². The third-order valence-electron chi connectivity index (χ3n) is 2.21. The van der Waals surface area contributed by atoms with Crippen molar-refractivity contribution in [1.29, 1.82) is 0 Å². The zero-order valence-electron chi connectivity index (χ0n) is 5.33. The lowest BCUT2D eigenvalue weighted by molar-refractivity contribution is -0.149. The Hall–Kier alpha value is -0.570. The van der Waals surface area contributed by atoms with Crippen molar-refractivity contribution in [2.24, 2.45) is 5.92 Å². The molecule has 2 aliphatic rings. The summed E-state index contributed by atoms with van der Waals surface area (Å²) in [7, 11) is 1.83. The Balaban J connectivity index is 2.14. The third-order valence-corrected chi connectivity index (χ3v) is 2.21. The fourth-order valence-electron chi connectivity index (χ4n) is 1.50. The van der Waals surface area contributed by atoms with Crippen LogP contribution < -0.4 is 0 Å². The number of carbonyl (C=O) groups excluding carboxylic acids is 1. The van der Waals surface area contributed by atoms with E-state index < -0.39 is 0 Å². The topological polar surface area (TPSA) is 29.5 Å². The van der Waals surface area contributed by atoms with Crippen molar-refractivity contribution in [2.75, 3.05) is 20.3 Å². The molecule has 0 aliphatic carbocycles. The molecule has 0 spiro atoms. The van der Waals surface area contributed by atoms with Crippen molar-refractivity contribution in [3.63, 3.8) is 0 Å². The number of likely N-dealkylation sites (tertiary alicyclic amines) is 1. The van der Waals surface area contributed by atoms with Crippen molar-refractivity contribution < 1.29 is 9.53 Å². The van der Waals surface area contributed by atoms with E-state index in [0.717, 1.165) is 6.61 Å². The van der Waals surface area contributed by atoms with Gasteiger partial charge in [0.15, 0.2) is 0 Å². The molecule has 1 amide bonds. The molecule has 50 valence electrons. The van der Waals surface area contributed by atoms with Gasteiger partial charge in [-0.2, -0.15) is 0 Å². The second-order valence-corrected chi connectivity index (χ2v) is 2.66. The maximum absolute atomic E-state index is 10.9. The van der Waals surface area contributed by atoms with Crippen LogP contribution in [-0.2, 0) is 9.53 Å². The smallest absolute Gasteiger partial charge is 0.230 e. The van der Waals surface area contributed by atoms with E-state index in [1.165, 1.54) is 0 Å². The molecule has 0 aromatic rings. The van der Waals surface area contributed by atoms with Gasteiger partial charge >= 0.3 is 0 Å². The molecule has 0 aromatic heterocycles. The lowest BCUT2D eigenvalue weighted by Gasteiger charge is -2.38. The minimum atomic E-state index is 0.204. The molecule has 2 saturated heterocycles. The molecule has 0 bridgehead atoms. The summed E-state index contributed by atoms with van der Waals surface area (Å²) < 4.78 is 5.11. The minimum absolute atomic E-state index is 0.204. The Morgan fingerprint density at radius 3 is 3.11 bits per heavy atom. The number of rotatable bonds is 0. The second-order valence-electron chi connectivity index (χ2n) is 2.66. The average molecular weight is 127 g/mol. The third kappa shape index (κ3) is 0.477. The van der Waals surface area contributed by atoms with Gasteiger partial charge < -0.3 is 9.64 Å². The van der Waals surface area contributed by atoms with E-state index in [0.29, 0.717) is 12.6 Å². The zero-order chi connectivity index (χ0) is 6.43. The lowest BCUT2D eigenvalue weighted by atomic mass is 9.92. The monoisotopic (exact) mass is 127 g/mol. The van der Waals surface area contributed by atoms with Gasteiger partial charge in [0.1, 0.15) is 0 Å². The number of nitrogens with zero attached hydrogens (tertiary/aromatic N) is 1. The number of likely N-dealkylation sites (N-methyl/N-ethyl adjacent to an activating group) is 1. The molecule has 3 heteroatoms. The zero-order valence-corrected chi connectivity index (χ0v) is 5.33. The van der Waals surface area contributed by atoms with Gasteiger partial charge in [0.2, 0.25) is 5.91 Å². The number of carbonyl (C=O) groups is 1. The van der Waals surface area contributed by atoms with Crippen molar-refractivity contribution in [3.8, 4) is 0 Å².